The lowest BCUT2D eigenvalue weighted by atomic mass is 9.92. The van der Waals surface area contributed by atoms with Gasteiger partial charge in [0.25, 0.3) is 0 Å². The van der Waals surface area contributed by atoms with Gasteiger partial charge in [-0.1, -0.05) is 25.1 Å². The molecule has 0 amide bonds. The molecule has 0 saturated carbocycles. The van der Waals surface area contributed by atoms with E-state index in [4.69, 9.17) is 23.7 Å². The molecule has 37 heavy (non-hydrogen) atoms. The summed E-state index contributed by atoms with van der Waals surface area (Å²) in [5.41, 5.74) is 0.893. The zero-order valence-corrected chi connectivity index (χ0v) is 21.3. The number of carbonyl (C=O) groups excluding carboxylic acids is 1. The topological polar surface area (TPSA) is 170 Å². The molecule has 0 bridgehead atoms. The third-order valence-electron chi connectivity index (χ3n) is 5.56. The Kier molecular flexibility index (Phi) is 9.76. The van der Waals surface area contributed by atoms with Crippen LogP contribution in [0.4, 0.5) is 10.2 Å². The minimum absolute atomic E-state index is 0.0959. The van der Waals surface area contributed by atoms with Gasteiger partial charge in [0, 0.05) is 12.1 Å². The molecule has 0 spiro atoms. The second-order valence-corrected chi connectivity index (χ2v) is 9.97. The van der Waals surface area contributed by atoms with Crippen molar-refractivity contribution in [3.8, 4) is 5.75 Å². The number of anilines is 1. The second kappa shape index (κ2) is 12.6. The van der Waals surface area contributed by atoms with E-state index < -0.39 is 62.6 Å². The van der Waals surface area contributed by atoms with E-state index in [9.17, 15) is 19.3 Å². The Hall–Kier alpha value is -2.87. The summed E-state index contributed by atoms with van der Waals surface area (Å²) in [6, 6.07) is 8.16. The number of hydrogen-bond acceptors (Lipinski definition) is 11. The molecule has 7 atom stereocenters. The summed E-state index contributed by atoms with van der Waals surface area (Å²) in [7, 11) is -4.30. The molecule has 204 valence electrons. The highest BCUT2D eigenvalue weighted by Gasteiger charge is 2.46. The molecule has 1 aliphatic rings. The number of rotatable bonds is 11. The zero-order valence-electron chi connectivity index (χ0n) is 20.4. The predicted octanol–water partition coefficient (Wildman–Crippen LogP) is 2.02. The number of halogens is 1. The highest BCUT2D eigenvalue weighted by atomic mass is 31.2. The molecule has 1 saturated heterocycles. The maximum absolute atomic E-state index is 15.1. The Balaban J connectivity index is 1.81. The molecular formula is C22H30FN4O9P. The van der Waals surface area contributed by atoms with Gasteiger partial charge in [0.15, 0.2) is 5.82 Å². The van der Waals surface area contributed by atoms with Gasteiger partial charge in [0.2, 0.25) is 0 Å². The van der Waals surface area contributed by atoms with Crippen molar-refractivity contribution in [2.75, 3.05) is 18.7 Å². The number of ether oxygens (including phenoxy) is 2. The SMILES string of the molecule is CCOC(=O)[C@H](C)NP(=O)(OC[C@H]1O[C@@H](n2ccc(NO)nc2=O)C(C)C(F)[C@H]1O)Oc1ccccc1. The maximum Gasteiger partial charge on any atom is 0.459 e. The minimum Gasteiger partial charge on any atom is -0.465 e. The quantitative estimate of drug-likeness (QED) is 0.185. The van der Waals surface area contributed by atoms with Gasteiger partial charge in [-0.2, -0.15) is 10.1 Å². The molecular weight excluding hydrogens is 514 g/mol. The highest BCUT2D eigenvalue weighted by Crippen LogP contribution is 2.46. The van der Waals surface area contributed by atoms with Crippen molar-refractivity contribution >= 4 is 19.5 Å². The normalized spacial score (nSPS) is 26.1. The van der Waals surface area contributed by atoms with Crippen LogP contribution < -0.4 is 20.8 Å². The van der Waals surface area contributed by atoms with Gasteiger partial charge in [0.1, 0.15) is 36.4 Å². The molecule has 2 heterocycles. The van der Waals surface area contributed by atoms with Crippen LogP contribution in [0.15, 0.2) is 47.4 Å². The number of hydrogen-bond donors (Lipinski definition) is 4. The molecule has 2 aromatic rings. The fourth-order valence-electron chi connectivity index (χ4n) is 3.62. The van der Waals surface area contributed by atoms with E-state index in [0.717, 1.165) is 4.57 Å². The number of para-hydroxylation sites is 1. The first kappa shape index (κ1) is 28.7. The summed E-state index contributed by atoms with van der Waals surface area (Å²) in [6.45, 7) is 3.91. The molecule has 1 aromatic heterocycles. The lowest BCUT2D eigenvalue weighted by Gasteiger charge is -2.41. The molecule has 1 aliphatic heterocycles. The fraction of sp³-hybridized carbons (Fsp3) is 0.500. The van der Waals surface area contributed by atoms with Crippen LogP contribution in [0.2, 0.25) is 0 Å². The smallest absolute Gasteiger partial charge is 0.459 e. The third kappa shape index (κ3) is 7.12. The number of nitrogens with zero attached hydrogens (tertiary/aromatic N) is 2. The Morgan fingerprint density at radius 3 is 2.65 bits per heavy atom. The van der Waals surface area contributed by atoms with Crippen molar-refractivity contribution in [1.29, 1.82) is 0 Å². The molecule has 13 nitrogen and oxygen atoms in total. The Bertz CT molecular complexity index is 1150. The second-order valence-electron chi connectivity index (χ2n) is 8.27. The molecule has 0 radical (unpaired) electrons. The van der Waals surface area contributed by atoms with Gasteiger partial charge in [-0.3, -0.25) is 24.6 Å². The first-order valence-corrected chi connectivity index (χ1v) is 13.0. The number of aromatic nitrogens is 2. The minimum atomic E-state index is -4.30. The molecule has 4 N–H and O–H groups in total. The number of aliphatic hydroxyl groups excluding tert-OH is 1. The summed E-state index contributed by atoms with van der Waals surface area (Å²) in [4.78, 5) is 28.1. The van der Waals surface area contributed by atoms with E-state index in [0.29, 0.717) is 0 Å². The first-order valence-electron chi connectivity index (χ1n) is 11.5. The zero-order chi connectivity index (χ0) is 27.2. The van der Waals surface area contributed by atoms with Crippen molar-refractivity contribution < 1.29 is 42.6 Å². The van der Waals surface area contributed by atoms with Gasteiger partial charge in [-0.25, -0.2) is 13.8 Å². The van der Waals surface area contributed by atoms with E-state index in [1.54, 1.807) is 30.6 Å². The van der Waals surface area contributed by atoms with Crippen molar-refractivity contribution in [3.63, 3.8) is 0 Å². The Morgan fingerprint density at radius 1 is 1.32 bits per heavy atom. The van der Waals surface area contributed by atoms with Gasteiger partial charge in [0.05, 0.1) is 13.2 Å². The molecule has 1 fully saturated rings. The van der Waals surface area contributed by atoms with Crippen molar-refractivity contribution in [1.82, 2.24) is 14.6 Å². The van der Waals surface area contributed by atoms with Crippen LogP contribution >= 0.6 is 7.75 Å². The lowest BCUT2D eigenvalue weighted by molar-refractivity contribution is -0.211. The number of carbonyl (C=O) groups is 1. The van der Waals surface area contributed by atoms with Crippen LogP contribution in [0.1, 0.15) is 27.0 Å². The first-order chi connectivity index (χ1) is 17.6. The van der Waals surface area contributed by atoms with Crippen LogP contribution in [-0.2, 0) is 23.4 Å². The molecule has 1 aromatic carbocycles. The van der Waals surface area contributed by atoms with Crippen LogP contribution in [0, 0.1) is 5.92 Å². The Labute approximate surface area is 212 Å². The van der Waals surface area contributed by atoms with E-state index in [1.165, 1.54) is 38.2 Å². The average molecular weight is 544 g/mol. The van der Waals surface area contributed by atoms with Crippen LogP contribution in [0.3, 0.4) is 0 Å². The van der Waals surface area contributed by atoms with E-state index in [-0.39, 0.29) is 18.2 Å². The van der Waals surface area contributed by atoms with Gasteiger partial charge < -0.3 is 19.1 Å². The van der Waals surface area contributed by atoms with Crippen LogP contribution in [0.5, 0.6) is 5.75 Å². The average Bonchev–Trinajstić information content (AvgIpc) is 2.88. The number of aliphatic hydroxyl groups is 1. The maximum atomic E-state index is 15.1. The van der Waals surface area contributed by atoms with Crippen molar-refractivity contribution in [2.24, 2.45) is 5.92 Å². The Morgan fingerprint density at radius 2 is 2.03 bits per heavy atom. The number of nitrogens with one attached hydrogen (secondary N) is 2. The highest BCUT2D eigenvalue weighted by molar-refractivity contribution is 7.52. The lowest BCUT2D eigenvalue weighted by Crippen LogP contribution is -2.53. The summed E-state index contributed by atoms with van der Waals surface area (Å²) in [5, 5.41) is 21.9. The monoisotopic (exact) mass is 544 g/mol. The molecule has 0 aliphatic carbocycles. The number of alkyl halides is 1. The largest absolute Gasteiger partial charge is 0.465 e. The standard InChI is InChI=1S/C22H30FN4O9P/c1-4-33-21(29)14(3)26-37(32,36-15-8-6-5-7-9-15)34-12-16-19(28)18(23)13(2)20(35-16)27-11-10-17(25-31)24-22(27)30/h5-11,13-14,16,18-20,28,31H,4,12H2,1-3H3,(H,26,32)(H,24,25,30)/t13?,14-,16+,18?,19-,20+,37?/m0/s1. The van der Waals surface area contributed by atoms with Gasteiger partial charge >= 0.3 is 19.4 Å². The summed E-state index contributed by atoms with van der Waals surface area (Å²) >= 11 is 0. The summed E-state index contributed by atoms with van der Waals surface area (Å²) in [6.07, 6.45) is -4.90. The van der Waals surface area contributed by atoms with E-state index >= 15 is 4.39 Å². The number of benzene rings is 1. The van der Waals surface area contributed by atoms with Crippen LogP contribution in [0.25, 0.3) is 0 Å². The van der Waals surface area contributed by atoms with E-state index in [1.807, 2.05) is 0 Å². The van der Waals surface area contributed by atoms with Gasteiger partial charge in [-0.05, 0) is 32.0 Å². The van der Waals surface area contributed by atoms with Crippen molar-refractivity contribution in [3.05, 3.63) is 53.1 Å². The van der Waals surface area contributed by atoms with Crippen LogP contribution in [-0.4, -0.2) is 63.5 Å². The summed E-state index contributed by atoms with van der Waals surface area (Å²) in [5.74, 6) is -1.65. The predicted molar refractivity (Wildman–Crippen MR) is 128 cm³/mol. The third-order valence-corrected chi connectivity index (χ3v) is 7.21. The van der Waals surface area contributed by atoms with Crippen molar-refractivity contribution in [2.45, 2.75) is 51.4 Å². The number of esters is 1. The van der Waals surface area contributed by atoms with E-state index in [2.05, 4.69) is 10.1 Å². The molecule has 3 rings (SSSR count). The molecule has 15 heteroatoms. The van der Waals surface area contributed by atoms with Gasteiger partial charge in [-0.15, -0.1) is 0 Å². The fourth-order valence-corrected chi connectivity index (χ4v) is 5.12. The summed E-state index contributed by atoms with van der Waals surface area (Å²) < 4.78 is 51.4. The molecule has 3 unspecified atom stereocenters.